The van der Waals surface area contributed by atoms with E-state index in [9.17, 15) is 9.59 Å². The van der Waals surface area contributed by atoms with Crippen LogP contribution in [0.2, 0.25) is 5.02 Å². The van der Waals surface area contributed by atoms with Crippen molar-refractivity contribution < 1.29 is 19.4 Å². The van der Waals surface area contributed by atoms with Crippen LogP contribution in [0.4, 0.5) is 0 Å². The molecule has 0 aliphatic heterocycles. The smallest absolute Gasteiger partial charge is 0.303 e. The summed E-state index contributed by atoms with van der Waals surface area (Å²) in [4.78, 5) is 23.1. The molecule has 2 aromatic rings. The number of ether oxygens (including phenoxy) is 2. The Morgan fingerprint density at radius 3 is 2.89 bits per heavy atom. The zero-order valence-corrected chi connectivity index (χ0v) is 16.1. The molecule has 0 bridgehead atoms. The molecule has 0 atom stereocenters. The Bertz CT molecular complexity index is 986. The molecule has 11 heteroatoms. The molecule has 0 saturated carbocycles. The van der Waals surface area contributed by atoms with Gasteiger partial charge in [-0.05, 0) is 36.8 Å². The molecule has 1 aromatic carbocycles. The number of rotatable bonds is 8. The third-order valence-corrected chi connectivity index (χ3v) is 3.90. The Balaban J connectivity index is 2.39. The topological polar surface area (TPSA) is 119 Å². The van der Waals surface area contributed by atoms with Gasteiger partial charge in [0.2, 0.25) is 4.77 Å². The fraction of sp³-hybridized carbons (Fsp3) is 0.312. The highest BCUT2D eigenvalue weighted by molar-refractivity contribution is 7.71. The molecule has 2 rings (SSSR count). The SMILES string of the molecule is CCOc1c(Cl)cc(/C=N\n2c(=S)[nH]nc(CCC(=O)O)c2=O)cc1OC. The number of methoxy groups -OCH3 is 1. The Morgan fingerprint density at radius 2 is 2.26 bits per heavy atom. The number of nitrogens with one attached hydrogen (secondary N) is 1. The van der Waals surface area contributed by atoms with Crippen molar-refractivity contribution in [1.82, 2.24) is 14.9 Å². The monoisotopic (exact) mass is 412 g/mol. The third-order valence-electron chi connectivity index (χ3n) is 3.36. The van der Waals surface area contributed by atoms with Crippen LogP contribution in [0.3, 0.4) is 0 Å². The van der Waals surface area contributed by atoms with E-state index in [1.54, 1.807) is 12.1 Å². The van der Waals surface area contributed by atoms with Crippen molar-refractivity contribution in [1.29, 1.82) is 0 Å². The van der Waals surface area contributed by atoms with Crippen molar-refractivity contribution >= 4 is 36.0 Å². The van der Waals surface area contributed by atoms with Crippen LogP contribution in [-0.2, 0) is 11.2 Å². The van der Waals surface area contributed by atoms with E-state index in [2.05, 4.69) is 15.3 Å². The summed E-state index contributed by atoms with van der Waals surface area (Å²) in [5.74, 6) is -0.210. The molecule has 9 nitrogen and oxygen atoms in total. The lowest BCUT2D eigenvalue weighted by Crippen LogP contribution is -2.25. The summed E-state index contributed by atoms with van der Waals surface area (Å²) in [6.07, 6.45) is 1.09. The van der Waals surface area contributed by atoms with Crippen molar-refractivity contribution in [3.05, 3.63) is 43.5 Å². The summed E-state index contributed by atoms with van der Waals surface area (Å²) in [6.45, 7) is 2.24. The molecule has 27 heavy (non-hydrogen) atoms. The lowest BCUT2D eigenvalue weighted by atomic mass is 10.2. The number of benzene rings is 1. The zero-order chi connectivity index (χ0) is 20.0. The quantitative estimate of drug-likeness (QED) is 0.504. The molecule has 0 spiro atoms. The van der Waals surface area contributed by atoms with E-state index in [1.165, 1.54) is 13.3 Å². The summed E-state index contributed by atoms with van der Waals surface area (Å²) < 4.78 is 11.6. The maximum absolute atomic E-state index is 12.4. The minimum atomic E-state index is -1.04. The molecular weight excluding hydrogens is 396 g/mol. The fourth-order valence-corrected chi connectivity index (χ4v) is 2.59. The van der Waals surface area contributed by atoms with E-state index in [-0.39, 0.29) is 23.3 Å². The van der Waals surface area contributed by atoms with Crippen LogP contribution in [0.25, 0.3) is 0 Å². The number of carbonyl (C=O) groups is 1. The number of aryl methyl sites for hydroxylation is 1. The van der Waals surface area contributed by atoms with E-state index in [1.807, 2.05) is 6.92 Å². The first-order valence-corrected chi connectivity index (χ1v) is 8.63. The Hall–Kier alpha value is -2.72. The standard InChI is InChI=1S/C16H17ClN4O5S/c1-3-26-14-10(17)6-9(7-12(14)25-2)8-18-21-15(24)11(4-5-13(22)23)19-20-16(21)27/h6-8H,3-5H2,1-2H3,(H,20,27)(H,22,23)/b18-8-. The van der Waals surface area contributed by atoms with Crippen LogP contribution in [0, 0.1) is 4.77 Å². The van der Waals surface area contributed by atoms with Crippen molar-refractivity contribution in [2.75, 3.05) is 13.7 Å². The number of nitrogens with zero attached hydrogens (tertiary/aromatic N) is 3. The third kappa shape index (κ3) is 5.14. The predicted octanol–water partition coefficient (Wildman–Crippen LogP) is 2.26. The lowest BCUT2D eigenvalue weighted by molar-refractivity contribution is -0.136. The van der Waals surface area contributed by atoms with Gasteiger partial charge >= 0.3 is 5.97 Å². The number of aliphatic carboxylic acids is 1. The molecule has 0 aliphatic rings. The highest BCUT2D eigenvalue weighted by atomic mass is 35.5. The van der Waals surface area contributed by atoms with Gasteiger partial charge in [0.1, 0.15) is 5.69 Å². The van der Waals surface area contributed by atoms with Gasteiger partial charge in [-0.25, -0.2) is 0 Å². The van der Waals surface area contributed by atoms with Crippen molar-refractivity contribution in [2.45, 2.75) is 19.8 Å². The predicted molar refractivity (Wildman–Crippen MR) is 102 cm³/mol. The average Bonchev–Trinajstić information content (AvgIpc) is 2.62. The Morgan fingerprint density at radius 1 is 1.52 bits per heavy atom. The number of carboxylic acids is 1. The largest absolute Gasteiger partial charge is 0.493 e. The van der Waals surface area contributed by atoms with Crippen LogP contribution < -0.4 is 15.0 Å². The van der Waals surface area contributed by atoms with Gasteiger partial charge in [-0.1, -0.05) is 11.6 Å². The van der Waals surface area contributed by atoms with Gasteiger partial charge in [-0.2, -0.15) is 14.9 Å². The number of aromatic amines is 1. The summed E-state index contributed by atoms with van der Waals surface area (Å²) in [6, 6.07) is 3.24. The molecule has 1 aromatic heterocycles. The molecule has 0 radical (unpaired) electrons. The second kappa shape index (κ2) is 9.28. The Labute approximate surface area is 164 Å². The van der Waals surface area contributed by atoms with Crippen molar-refractivity contribution in [2.24, 2.45) is 5.10 Å². The molecule has 1 heterocycles. The maximum Gasteiger partial charge on any atom is 0.303 e. The minimum absolute atomic E-state index is 0.0189. The lowest BCUT2D eigenvalue weighted by Gasteiger charge is -2.11. The first kappa shape index (κ1) is 20.6. The Kier molecular flexibility index (Phi) is 7.08. The number of hydrogen-bond acceptors (Lipinski definition) is 7. The van der Waals surface area contributed by atoms with Crippen LogP contribution in [-0.4, -0.2) is 45.9 Å². The van der Waals surface area contributed by atoms with Gasteiger partial charge in [-0.3, -0.25) is 14.7 Å². The summed E-state index contributed by atoms with van der Waals surface area (Å²) in [5, 5.41) is 19.4. The van der Waals surface area contributed by atoms with Crippen LogP contribution in [0.1, 0.15) is 24.6 Å². The van der Waals surface area contributed by atoms with Crippen LogP contribution in [0.5, 0.6) is 11.5 Å². The number of aromatic nitrogens is 3. The van der Waals surface area contributed by atoms with Gasteiger partial charge < -0.3 is 14.6 Å². The molecule has 0 unspecified atom stereocenters. The normalized spacial score (nSPS) is 10.9. The number of carboxylic acid groups (broad SMARTS) is 1. The first-order valence-electron chi connectivity index (χ1n) is 7.84. The molecule has 0 aliphatic carbocycles. The minimum Gasteiger partial charge on any atom is -0.493 e. The maximum atomic E-state index is 12.4. The van der Waals surface area contributed by atoms with Crippen molar-refractivity contribution in [3.63, 3.8) is 0 Å². The van der Waals surface area contributed by atoms with Gasteiger partial charge in [-0.15, -0.1) is 0 Å². The molecule has 144 valence electrons. The van der Waals surface area contributed by atoms with E-state index in [4.69, 9.17) is 38.4 Å². The fourth-order valence-electron chi connectivity index (χ4n) is 2.14. The summed E-state index contributed by atoms with van der Waals surface area (Å²) in [7, 11) is 1.48. The van der Waals surface area contributed by atoms with Gasteiger partial charge in [0.25, 0.3) is 5.56 Å². The van der Waals surface area contributed by atoms with E-state index in [0.29, 0.717) is 28.7 Å². The zero-order valence-electron chi connectivity index (χ0n) is 14.6. The first-order chi connectivity index (χ1) is 12.9. The van der Waals surface area contributed by atoms with Crippen molar-refractivity contribution in [3.8, 4) is 11.5 Å². The summed E-state index contributed by atoms with van der Waals surface area (Å²) in [5.41, 5.74) is -0.0313. The number of hydrogen-bond donors (Lipinski definition) is 2. The number of halogens is 1. The van der Waals surface area contributed by atoms with E-state index >= 15 is 0 Å². The molecular formula is C16H17ClN4O5S. The van der Waals surface area contributed by atoms with Gasteiger partial charge in [0.05, 0.1) is 31.4 Å². The summed E-state index contributed by atoms with van der Waals surface area (Å²) >= 11 is 11.2. The van der Waals surface area contributed by atoms with Gasteiger partial charge in [0, 0.05) is 6.42 Å². The van der Waals surface area contributed by atoms with Crippen LogP contribution in [0.15, 0.2) is 22.0 Å². The van der Waals surface area contributed by atoms with Gasteiger partial charge in [0.15, 0.2) is 11.5 Å². The van der Waals surface area contributed by atoms with E-state index in [0.717, 1.165) is 4.68 Å². The molecule has 2 N–H and O–H groups in total. The average molecular weight is 413 g/mol. The van der Waals surface area contributed by atoms with E-state index < -0.39 is 11.5 Å². The van der Waals surface area contributed by atoms with Crippen LogP contribution >= 0.6 is 23.8 Å². The molecule has 0 amide bonds. The second-order valence-corrected chi connectivity index (χ2v) is 5.99. The molecule has 0 fully saturated rings. The number of H-pyrrole nitrogens is 1. The highest BCUT2D eigenvalue weighted by Crippen LogP contribution is 2.35. The molecule has 0 saturated heterocycles. The second-order valence-electron chi connectivity index (χ2n) is 5.20. The highest BCUT2D eigenvalue weighted by Gasteiger charge is 2.12.